The summed E-state index contributed by atoms with van der Waals surface area (Å²) in [6.45, 7) is 2.29. The van der Waals surface area contributed by atoms with Gasteiger partial charge in [0.2, 0.25) is 0 Å². The van der Waals surface area contributed by atoms with Gasteiger partial charge < -0.3 is 10.2 Å². The summed E-state index contributed by atoms with van der Waals surface area (Å²) in [7, 11) is 0. The van der Waals surface area contributed by atoms with E-state index in [-0.39, 0.29) is 6.42 Å². The number of aliphatic carboxylic acids is 2. The number of allylic oxidation sites excluding steroid dienone is 2. The average Bonchev–Trinajstić information content (AvgIpc) is 2.98. The predicted molar refractivity (Wildman–Crippen MR) is 186 cm³/mol. The van der Waals surface area contributed by atoms with Gasteiger partial charge >= 0.3 is 11.9 Å². The second-order valence-corrected chi connectivity index (χ2v) is 13.4. The smallest absolute Gasteiger partial charge is 0.307 e. The number of carboxylic acid groups (broad SMARTS) is 2. The van der Waals surface area contributed by atoms with E-state index < -0.39 is 17.9 Å². The first-order valence-corrected chi connectivity index (χ1v) is 19.2. The van der Waals surface area contributed by atoms with Crippen molar-refractivity contribution in [1.82, 2.24) is 0 Å². The molecule has 0 heterocycles. The van der Waals surface area contributed by atoms with Gasteiger partial charge in [0, 0.05) is 0 Å². The Hall–Kier alpha value is -1.32. The third-order valence-electron chi connectivity index (χ3n) is 9.08. The molecule has 1 unspecified atom stereocenters. The Balaban J connectivity index is 3.20. The van der Waals surface area contributed by atoms with Crippen LogP contribution in [0.4, 0.5) is 0 Å². The van der Waals surface area contributed by atoms with Crippen LogP contribution in [0, 0.1) is 5.92 Å². The van der Waals surface area contributed by atoms with Gasteiger partial charge in [-0.3, -0.25) is 9.59 Å². The summed E-state index contributed by atoms with van der Waals surface area (Å²) < 4.78 is 0. The Bertz CT molecular complexity index is 614. The highest BCUT2D eigenvalue weighted by Gasteiger charge is 2.20. The lowest BCUT2D eigenvalue weighted by atomic mass is 9.97. The van der Waals surface area contributed by atoms with Crippen LogP contribution in [0.3, 0.4) is 0 Å². The molecule has 0 aromatic carbocycles. The van der Waals surface area contributed by atoms with Crippen molar-refractivity contribution in [3.63, 3.8) is 0 Å². The van der Waals surface area contributed by atoms with Crippen LogP contribution in [-0.4, -0.2) is 22.2 Å². The molecule has 0 saturated carbocycles. The van der Waals surface area contributed by atoms with Gasteiger partial charge in [-0.05, 0) is 32.1 Å². The molecule has 0 radical (unpaired) electrons. The Morgan fingerprint density at radius 3 is 1.00 bits per heavy atom. The van der Waals surface area contributed by atoms with Gasteiger partial charge in [0.1, 0.15) is 0 Å². The van der Waals surface area contributed by atoms with Crippen molar-refractivity contribution in [3.05, 3.63) is 12.2 Å². The lowest BCUT2D eigenvalue weighted by molar-refractivity contribution is -0.148. The molecular formula is C39H74O4. The van der Waals surface area contributed by atoms with E-state index in [1.165, 1.54) is 180 Å². The highest BCUT2D eigenvalue weighted by molar-refractivity contribution is 5.77. The maximum absolute atomic E-state index is 11.1. The number of hydrogen-bond acceptors (Lipinski definition) is 2. The van der Waals surface area contributed by atoms with Crippen molar-refractivity contribution >= 4 is 11.9 Å². The van der Waals surface area contributed by atoms with E-state index in [0.29, 0.717) is 6.42 Å². The van der Waals surface area contributed by atoms with E-state index in [9.17, 15) is 9.59 Å². The third kappa shape index (κ3) is 35.0. The van der Waals surface area contributed by atoms with E-state index >= 15 is 0 Å². The molecule has 0 fully saturated rings. The van der Waals surface area contributed by atoms with Crippen LogP contribution >= 0.6 is 0 Å². The minimum atomic E-state index is -1.02. The Morgan fingerprint density at radius 1 is 0.442 bits per heavy atom. The summed E-state index contributed by atoms with van der Waals surface area (Å²) in [6.07, 6.45) is 46.9. The Kier molecular flexibility index (Phi) is 34.1. The summed E-state index contributed by atoms with van der Waals surface area (Å²) in [5.74, 6) is -2.72. The van der Waals surface area contributed by atoms with E-state index in [2.05, 4.69) is 19.1 Å². The van der Waals surface area contributed by atoms with E-state index in [1.807, 2.05) is 0 Å². The fourth-order valence-corrected chi connectivity index (χ4v) is 6.17. The largest absolute Gasteiger partial charge is 0.481 e. The van der Waals surface area contributed by atoms with Crippen LogP contribution in [0.15, 0.2) is 12.2 Å². The molecule has 0 spiro atoms. The minimum absolute atomic E-state index is 0.258. The van der Waals surface area contributed by atoms with Gasteiger partial charge in [-0.25, -0.2) is 0 Å². The van der Waals surface area contributed by atoms with Crippen molar-refractivity contribution in [2.75, 3.05) is 0 Å². The molecule has 43 heavy (non-hydrogen) atoms. The molecule has 0 rings (SSSR count). The molecule has 0 bridgehead atoms. The van der Waals surface area contributed by atoms with Gasteiger partial charge in [0.15, 0.2) is 0 Å². The zero-order valence-corrected chi connectivity index (χ0v) is 28.8. The molecule has 0 aliphatic heterocycles. The number of carboxylic acids is 2. The number of hydrogen-bond donors (Lipinski definition) is 2. The van der Waals surface area contributed by atoms with Crippen LogP contribution in [0.1, 0.15) is 219 Å². The van der Waals surface area contributed by atoms with Crippen LogP contribution in [0.5, 0.6) is 0 Å². The second-order valence-electron chi connectivity index (χ2n) is 13.4. The maximum Gasteiger partial charge on any atom is 0.307 e. The Labute approximate surface area is 268 Å². The van der Waals surface area contributed by atoms with Crippen molar-refractivity contribution in [2.24, 2.45) is 5.92 Å². The van der Waals surface area contributed by atoms with Crippen LogP contribution in [-0.2, 0) is 9.59 Å². The third-order valence-corrected chi connectivity index (χ3v) is 9.08. The zero-order chi connectivity index (χ0) is 31.5. The van der Waals surface area contributed by atoms with Crippen molar-refractivity contribution in [1.29, 1.82) is 0 Å². The molecule has 0 aliphatic rings. The standard InChI is InChI=1S/C39H74O4/c1-2-3-4-5-6-7-8-9-10-11-12-13-14-15-16-17-18-19-20-21-22-23-24-25-26-27-28-29-30-31-32-33-34-35-37(39(42)43)36-38(40)41/h18-19,37H,2-17,20-36H2,1H3,(H,40,41)(H,42,43). The topological polar surface area (TPSA) is 74.6 Å². The van der Waals surface area contributed by atoms with Crippen molar-refractivity contribution in [3.8, 4) is 0 Å². The fourth-order valence-electron chi connectivity index (χ4n) is 6.17. The quantitative estimate of drug-likeness (QED) is 0.0549. The van der Waals surface area contributed by atoms with Crippen LogP contribution in [0.25, 0.3) is 0 Å². The Morgan fingerprint density at radius 2 is 0.721 bits per heavy atom. The van der Waals surface area contributed by atoms with Crippen molar-refractivity contribution < 1.29 is 19.8 Å². The average molecular weight is 607 g/mol. The molecule has 2 N–H and O–H groups in total. The van der Waals surface area contributed by atoms with Gasteiger partial charge in [-0.15, -0.1) is 0 Å². The molecular weight excluding hydrogens is 532 g/mol. The van der Waals surface area contributed by atoms with E-state index in [0.717, 1.165) is 19.3 Å². The molecule has 0 aromatic heterocycles. The van der Waals surface area contributed by atoms with E-state index in [1.54, 1.807) is 0 Å². The predicted octanol–water partition coefficient (Wildman–Crippen LogP) is 13.2. The molecule has 4 nitrogen and oxygen atoms in total. The van der Waals surface area contributed by atoms with Gasteiger partial charge in [0.25, 0.3) is 0 Å². The molecule has 0 saturated heterocycles. The summed E-state index contributed by atoms with van der Waals surface area (Å²) in [6, 6.07) is 0. The zero-order valence-electron chi connectivity index (χ0n) is 28.8. The van der Waals surface area contributed by atoms with E-state index in [4.69, 9.17) is 10.2 Å². The van der Waals surface area contributed by atoms with Crippen molar-refractivity contribution in [2.45, 2.75) is 219 Å². The minimum Gasteiger partial charge on any atom is -0.481 e. The fraction of sp³-hybridized carbons (Fsp3) is 0.897. The van der Waals surface area contributed by atoms with Gasteiger partial charge in [0.05, 0.1) is 12.3 Å². The monoisotopic (exact) mass is 607 g/mol. The summed E-state index contributed by atoms with van der Waals surface area (Å²) in [4.78, 5) is 21.8. The maximum atomic E-state index is 11.1. The van der Waals surface area contributed by atoms with Gasteiger partial charge in [-0.1, -0.05) is 192 Å². The normalized spacial score (nSPS) is 12.3. The molecule has 0 aromatic rings. The summed E-state index contributed by atoms with van der Waals surface area (Å²) >= 11 is 0. The lowest BCUT2D eigenvalue weighted by Gasteiger charge is -2.09. The molecule has 1 atom stereocenters. The second kappa shape index (κ2) is 35.2. The number of carbonyl (C=O) groups is 2. The number of unbranched alkanes of at least 4 members (excludes halogenated alkanes) is 29. The molecule has 0 amide bonds. The first-order chi connectivity index (χ1) is 21.1. The molecule has 4 heteroatoms. The first kappa shape index (κ1) is 41.7. The summed E-state index contributed by atoms with van der Waals surface area (Å²) in [5.41, 5.74) is 0. The highest BCUT2D eigenvalue weighted by Crippen LogP contribution is 2.18. The summed E-state index contributed by atoms with van der Waals surface area (Å²) in [5, 5.41) is 17.9. The SMILES string of the molecule is CCCCCCCCCCCCCCCCCC=CCCCCCCCCCCCCCCCCC(CC(=O)O)C(=O)O. The lowest BCUT2D eigenvalue weighted by Crippen LogP contribution is -2.17. The highest BCUT2D eigenvalue weighted by atomic mass is 16.4. The first-order valence-electron chi connectivity index (χ1n) is 19.2. The van der Waals surface area contributed by atoms with Crippen LogP contribution in [0.2, 0.25) is 0 Å². The van der Waals surface area contributed by atoms with Gasteiger partial charge in [-0.2, -0.15) is 0 Å². The van der Waals surface area contributed by atoms with Crippen LogP contribution < -0.4 is 0 Å². The number of rotatable bonds is 36. The molecule has 0 aliphatic carbocycles. The molecule has 254 valence electrons.